The summed E-state index contributed by atoms with van der Waals surface area (Å²) in [6.45, 7) is 1.13. The maximum Gasteiger partial charge on any atom is 0.344 e. The summed E-state index contributed by atoms with van der Waals surface area (Å²) in [4.78, 5) is 23.5. The zero-order valence-electron chi connectivity index (χ0n) is 7.98. The number of pyridine rings is 1. The lowest BCUT2D eigenvalue weighted by Gasteiger charge is -2.04. The number of nitrogens with zero attached hydrogens (tertiary/aromatic N) is 2. The molecule has 1 rings (SSSR count). The quantitative estimate of drug-likeness (QED) is 0.634. The van der Waals surface area contributed by atoms with Crippen LogP contribution in [0.25, 0.3) is 0 Å². The second-order valence-electron chi connectivity index (χ2n) is 2.89. The van der Waals surface area contributed by atoms with Gasteiger partial charge in [-0.3, -0.25) is 15.1 Å². The summed E-state index contributed by atoms with van der Waals surface area (Å²) in [6, 6.07) is 0.473. The Bertz CT molecular complexity index is 462. The molecule has 0 aliphatic rings. The summed E-state index contributed by atoms with van der Waals surface area (Å²) < 4.78 is 24.6. The van der Waals surface area contributed by atoms with Gasteiger partial charge in [-0.25, -0.2) is 13.6 Å². The van der Waals surface area contributed by atoms with Crippen molar-refractivity contribution in [1.82, 2.24) is 4.98 Å². The Balaban J connectivity index is 3.52. The van der Waals surface area contributed by atoms with E-state index in [0.717, 1.165) is 6.92 Å². The highest BCUT2D eigenvalue weighted by Gasteiger charge is 2.26. The number of nitro groups is 1. The predicted molar refractivity (Wildman–Crippen MR) is 47.5 cm³/mol. The van der Waals surface area contributed by atoms with Crippen molar-refractivity contribution < 1.29 is 23.6 Å². The lowest BCUT2D eigenvalue weighted by atomic mass is 10.1. The largest absolute Gasteiger partial charge is 0.477 e. The van der Waals surface area contributed by atoms with E-state index in [1.54, 1.807) is 0 Å². The van der Waals surface area contributed by atoms with E-state index in [0.29, 0.717) is 6.07 Å². The Morgan fingerprint density at radius 1 is 1.62 bits per heavy atom. The predicted octanol–water partition coefficient (Wildman–Crippen LogP) is 1.93. The van der Waals surface area contributed by atoms with Crippen molar-refractivity contribution in [2.45, 2.75) is 13.3 Å². The minimum atomic E-state index is -2.99. The molecule has 8 heteroatoms. The van der Waals surface area contributed by atoms with Gasteiger partial charge in [-0.15, -0.1) is 0 Å². The SMILES string of the molecule is Cc1nc(C(F)F)cc([N+](=O)[O-])c1C(=O)O. The van der Waals surface area contributed by atoms with E-state index in [1.165, 1.54) is 0 Å². The van der Waals surface area contributed by atoms with Crippen LogP contribution in [-0.4, -0.2) is 21.0 Å². The molecule has 1 N–H and O–H groups in total. The van der Waals surface area contributed by atoms with E-state index < -0.39 is 34.3 Å². The number of aryl methyl sites for hydroxylation is 1. The molecular formula is C8H6F2N2O4. The van der Waals surface area contributed by atoms with Crippen molar-refractivity contribution in [2.24, 2.45) is 0 Å². The number of rotatable bonds is 3. The van der Waals surface area contributed by atoms with Gasteiger partial charge >= 0.3 is 5.97 Å². The first-order valence-corrected chi connectivity index (χ1v) is 4.02. The van der Waals surface area contributed by atoms with Gasteiger partial charge in [-0.05, 0) is 6.92 Å². The normalized spacial score (nSPS) is 10.5. The van der Waals surface area contributed by atoms with Gasteiger partial charge in [-0.1, -0.05) is 0 Å². The number of carboxylic acids is 1. The molecule has 0 aromatic carbocycles. The molecule has 0 aliphatic carbocycles. The maximum atomic E-state index is 12.3. The van der Waals surface area contributed by atoms with Gasteiger partial charge in [0, 0.05) is 6.07 Å². The van der Waals surface area contributed by atoms with Crippen LogP contribution in [0.2, 0.25) is 0 Å². The average Bonchev–Trinajstić information content (AvgIpc) is 2.15. The first-order valence-electron chi connectivity index (χ1n) is 4.02. The van der Waals surface area contributed by atoms with Crippen molar-refractivity contribution in [2.75, 3.05) is 0 Å². The van der Waals surface area contributed by atoms with E-state index in [1.807, 2.05) is 0 Å². The summed E-state index contributed by atoms with van der Waals surface area (Å²) in [5.41, 5.74) is -2.67. The van der Waals surface area contributed by atoms with Crippen LogP contribution in [0.1, 0.15) is 28.2 Å². The summed E-state index contributed by atoms with van der Waals surface area (Å²) in [5.74, 6) is -1.57. The van der Waals surface area contributed by atoms with E-state index in [9.17, 15) is 23.7 Å². The molecule has 1 aromatic heterocycles. The van der Waals surface area contributed by atoms with Gasteiger partial charge in [0.15, 0.2) is 5.56 Å². The number of hydrogen-bond donors (Lipinski definition) is 1. The summed E-state index contributed by atoms with van der Waals surface area (Å²) in [6.07, 6.45) is -2.99. The third kappa shape index (κ3) is 2.10. The molecule has 1 heterocycles. The van der Waals surface area contributed by atoms with Crippen molar-refractivity contribution in [3.05, 3.63) is 33.1 Å². The average molecular weight is 232 g/mol. The molecule has 0 amide bonds. The zero-order valence-corrected chi connectivity index (χ0v) is 7.98. The highest BCUT2D eigenvalue weighted by Crippen LogP contribution is 2.26. The van der Waals surface area contributed by atoms with Crippen molar-refractivity contribution >= 4 is 11.7 Å². The number of aromatic carboxylic acids is 1. The van der Waals surface area contributed by atoms with Crippen LogP contribution in [0.3, 0.4) is 0 Å². The first kappa shape index (κ1) is 12.0. The second-order valence-corrected chi connectivity index (χ2v) is 2.89. The molecule has 0 radical (unpaired) electrons. The number of halogens is 2. The molecular weight excluding hydrogens is 226 g/mol. The molecule has 16 heavy (non-hydrogen) atoms. The molecule has 0 unspecified atom stereocenters. The Labute approximate surface area is 87.7 Å². The van der Waals surface area contributed by atoms with Gasteiger partial charge in [0.2, 0.25) is 0 Å². The van der Waals surface area contributed by atoms with Crippen LogP contribution in [0.5, 0.6) is 0 Å². The molecule has 0 fully saturated rings. The molecule has 1 aromatic rings. The molecule has 0 aliphatic heterocycles. The van der Waals surface area contributed by atoms with E-state index in [2.05, 4.69) is 4.98 Å². The van der Waals surface area contributed by atoms with Crippen LogP contribution in [0.15, 0.2) is 6.07 Å². The fourth-order valence-corrected chi connectivity index (χ4v) is 1.20. The lowest BCUT2D eigenvalue weighted by Crippen LogP contribution is -2.09. The number of carbonyl (C=O) groups is 1. The number of hydrogen-bond acceptors (Lipinski definition) is 4. The highest BCUT2D eigenvalue weighted by atomic mass is 19.3. The first-order chi connectivity index (χ1) is 7.34. The summed E-state index contributed by atoms with van der Waals surface area (Å²) in [7, 11) is 0. The van der Waals surface area contributed by atoms with Crippen LogP contribution in [0.4, 0.5) is 14.5 Å². The van der Waals surface area contributed by atoms with Crippen LogP contribution >= 0.6 is 0 Å². The molecule has 0 saturated carbocycles. The molecule has 0 spiro atoms. The van der Waals surface area contributed by atoms with Crippen molar-refractivity contribution in [1.29, 1.82) is 0 Å². The zero-order chi connectivity index (χ0) is 12.5. The summed E-state index contributed by atoms with van der Waals surface area (Å²) in [5, 5.41) is 19.2. The molecule has 0 atom stereocenters. The van der Waals surface area contributed by atoms with E-state index in [4.69, 9.17) is 5.11 Å². The Hall–Kier alpha value is -2.12. The Morgan fingerprint density at radius 2 is 2.19 bits per heavy atom. The van der Waals surface area contributed by atoms with Gasteiger partial charge < -0.3 is 5.11 Å². The Morgan fingerprint density at radius 3 is 2.56 bits per heavy atom. The van der Waals surface area contributed by atoms with Gasteiger partial charge in [-0.2, -0.15) is 0 Å². The van der Waals surface area contributed by atoms with Gasteiger partial charge in [0.25, 0.3) is 12.1 Å². The second kappa shape index (κ2) is 4.17. The minimum Gasteiger partial charge on any atom is -0.477 e. The fourth-order valence-electron chi connectivity index (χ4n) is 1.20. The van der Waals surface area contributed by atoms with Crippen LogP contribution < -0.4 is 0 Å². The number of carboxylic acid groups (broad SMARTS) is 1. The summed E-state index contributed by atoms with van der Waals surface area (Å²) >= 11 is 0. The van der Waals surface area contributed by atoms with E-state index in [-0.39, 0.29) is 5.69 Å². The standard InChI is InChI=1S/C8H6F2N2O4/c1-3-6(8(13)14)5(12(15)16)2-4(11-3)7(9)10/h2,7H,1H3,(H,13,14). The smallest absolute Gasteiger partial charge is 0.344 e. The van der Waals surface area contributed by atoms with Crippen molar-refractivity contribution in [3.8, 4) is 0 Å². The molecule has 86 valence electrons. The Kier molecular flexibility index (Phi) is 3.11. The van der Waals surface area contributed by atoms with Crippen molar-refractivity contribution in [3.63, 3.8) is 0 Å². The highest BCUT2D eigenvalue weighted by molar-refractivity contribution is 5.93. The molecule has 0 bridgehead atoms. The lowest BCUT2D eigenvalue weighted by molar-refractivity contribution is -0.385. The molecule has 0 saturated heterocycles. The maximum absolute atomic E-state index is 12.3. The number of alkyl halides is 2. The van der Waals surface area contributed by atoms with E-state index >= 15 is 0 Å². The fraction of sp³-hybridized carbons (Fsp3) is 0.250. The van der Waals surface area contributed by atoms with Crippen LogP contribution in [-0.2, 0) is 0 Å². The third-order valence-corrected chi connectivity index (χ3v) is 1.83. The third-order valence-electron chi connectivity index (χ3n) is 1.83. The minimum absolute atomic E-state index is 0.308. The van der Waals surface area contributed by atoms with Gasteiger partial charge in [0.1, 0.15) is 5.69 Å². The van der Waals surface area contributed by atoms with Crippen LogP contribution in [0, 0.1) is 17.0 Å². The topological polar surface area (TPSA) is 93.3 Å². The van der Waals surface area contributed by atoms with Gasteiger partial charge in [0.05, 0.1) is 10.6 Å². The number of aromatic nitrogens is 1. The monoisotopic (exact) mass is 232 g/mol. The molecule has 6 nitrogen and oxygen atoms in total.